The highest BCUT2D eigenvalue weighted by Crippen LogP contribution is 2.33. The Morgan fingerprint density at radius 1 is 1.19 bits per heavy atom. The third kappa shape index (κ3) is 3.22. The van der Waals surface area contributed by atoms with Crippen LogP contribution in [0.25, 0.3) is 11.1 Å². The van der Waals surface area contributed by atoms with Crippen molar-refractivity contribution in [2.75, 3.05) is 6.54 Å². The number of hydrogen-bond acceptors (Lipinski definition) is 7. The summed E-state index contributed by atoms with van der Waals surface area (Å²) >= 11 is 0. The summed E-state index contributed by atoms with van der Waals surface area (Å²) in [6.07, 6.45) is 3.89. The molecule has 1 amide bonds. The second-order valence-corrected chi connectivity index (χ2v) is 6.89. The molecule has 0 bridgehead atoms. The van der Waals surface area contributed by atoms with Crippen molar-refractivity contribution >= 4 is 5.91 Å². The van der Waals surface area contributed by atoms with Crippen LogP contribution in [0.4, 0.5) is 0 Å². The lowest BCUT2D eigenvalue weighted by Gasteiger charge is -2.24. The molecule has 1 fully saturated rings. The molecule has 0 N–H and O–H groups in total. The van der Waals surface area contributed by atoms with Crippen LogP contribution in [-0.2, 0) is 11.2 Å². The van der Waals surface area contributed by atoms with Crippen molar-refractivity contribution in [3.8, 4) is 11.1 Å². The molecule has 1 atom stereocenters. The maximum absolute atomic E-state index is 12.8. The summed E-state index contributed by atoms with van der Waals surface area (Å²) in [6, 6.07) is 3.98. The highest BCUT2D eigenvalue weighted by atomic mass is 16.6. The minimum Gasteiger partial charge on any atom is -0.361 e. The van der Waals surface area contributed by atoms with E-state index in [1.807, 2.05) is 37.1 Å². The van der Waals surface area contributed by atoms with E-state index >= 15 is 0 Å². The zero-order chi connectivity index (χ0) is 19.0. The summed E-state index contributed by atoms with van der Waals surface area (Å²) in [5, 5.41) is 11.6. The van der Waals surface area contributed by atoms with E-state index in [-0.39, 0.29) is 18.4 Å². The van der Waals surface area contributed by atoms with Crippen LogP contribution in [0, 0.1) is 20.8 Å². The van der Waals surface area contributed by atoms with Crippen molar-refractivity contribution in [3.63, 3.8) is 0 Å². The number of nitrogens with zero attached hydrogens (tertiary/aromatic N) is 5. The second-order valence-electron chi connectivity index (χ2n) is 6.89. The van der Waals surface area contributed by atoms with Gasteiger partial charge in [0.05, 0.1) is 23.9 Å². The summed E-state index contributed by atoms with van der Waals surface area (Å²) in [5.74, 6) is 0.796. The zero-order valence-corrected chi connectivity index (χ0v) is 15.6. The Bertz CT molecular complexity index is 941. The Balaban J connectivity index is 1.53. The van der Waals surface area contributed by atoms with Crippen LogP contribution in [0.3, 0.4) is 0 Å². The fourth-order valence-electron chi connectivity index (χ4n) is 3.67. The van der Waals surface area contributed by atoms with E-state index < -0.39 is 0 Å². The smallest absolute Gasteiger partial charge is 0.229 e. The second kappa shape index (κ2) is 6.94. The first-order valence-electron chi connectivity index (χ1n) is 9.01. The molecule has 0 radical (unpaired) electrons. The summed E-state index contributed by atoms with van der Waals surface area (Å²) < 4.78 is 9.93. The van der Waals surface area contributed by atoms with Crippen LogP contribution >= 0.6 is 0 Å². The number of amides is 1. The lowest BCUT2D eigenvalue weighted by Crippen LogP contribution is -2.32. The summed E-state index contributed by atoms with van der Waals surface area (Å²) in [6.45, 7) is 6.32. The van der Waals surface area contributed by atoms with E-state index in [9.17, 15) is 4.79 Å². The Labute approximate surface area is 156 Å². The lowest BCUT2D eigenvalue weighted by molar-refractivity contribution is -0.131. The van der Waals surface area contributed by atoms with Gasteiger partial charge in [-0.1, -0.05) is 21.5 Å². The molecule has 1 aliphatic rings. The summed E-state index contributed by atoms with van der Waals surface area (Å²) in [4.78, 5) is 19.3. The maximum Gasteiger partial charge on any atom is 0.229 e. The monoisotopic (exact) mass is 367 g/mol. The SMILES string of the molecule is Cc1nonc1CC(=O)N1CCC[C@@H]1c1ccc(-c2c(C)noc2C)cn1. The van der Waals surface area contributed by atoms with Crippen LogP contribution in [0.2, 0.25) is 0 Å². The quantitative estimate of drug-likeness (QED) is 0.699. The molecule has 8 nitrogen and oxygen atoms in total. The molecule has 27 heavy (non-hydrogen) atoms. The molecule has 4 rings (SSSR count). The van der Waals surface area contributed by atoms with E-state index in [1.165, 1.54) is 0 Å². The molecule has 0 aromatic carbocycles. The standard InChI is InChI=1S/C19H21N5O3/c1-11-16(23-27-22-11)9-18(25)24-8-4-5-17(24)15-7-6-14(10-20-15)19-12(2)21-26-13(19)3/h6-7,10,17H,4-5,8-9H2,1-3H3/t17-/m1/s1. The van der Waals surface area contributed by atoms with Gasteiger partial charge < -0.3 is 9.42 Å². The van der Waals surface area contributed by atoms with E-state index in [1.54, 1.807) is 6.92 Å². The average molecular weight is 367 g/mol. The van der Waals surface area contributed by atoms with Crippen molar-refractivity contribution < 1.29 is 13.9 Å². The molecule has 0 saturated carbocycles. The largest absolute Gasteiger partial charge is 0.361 e. The lowest BCUT2D eigenvalue weighted by atomic mass is 10.0. The number of rotatable bonds is 4. The van der Waals surface area contributed by atoms with Crippen LogP contribution in [0.5, 0.6) is 0 Å². The number of aromatic nitrogens is 4. The van der Waals surface area contributed by atoms with E-state index in [2.05, 4.69) is 20.5 Å². The van der Waals surface area contributed by atoms with Gasteiger partial charge >= 0.3 is 0 Å². The minimum absolute atomic E-state index is 0.0172. The molecular formula is C19H21N5O3. The van der Waals surface area contributed by atoms with Crippen molar-refractivity contribution in [1.82, 2.24) is 25.4 Å². The van der Waals surface area contributed by atoms with Gasteiger partial charge in [-0.25, -0.2) is 4.63 Å². The molecule has 0 unspecified atom stereocenters. The van der Waals surface area contributed by atoms with Crippen LogP contribution in [-0.4, -0.2) is 37.8 Å². The van der Waals surface area contributed by atoms with Gasteiger partial charge in [-0.05, 0) is 39.7 Å². The first-order chi connectivity index (χ1) is 13.0. The van der Waals surface area contributed by atoms with E-state index in [0.29, 0.717) is 11.4 Å². The molecule has 1 saturated heterocycles. The van der Waals surface area contributed by atoms with Crippen molar-refractivity contribution in [3.05, 3.63) is 46.9 Å². The molecule has 3 aromatic rings. The maximum atomic E-state index is 12.8. The van der Waals surface area contributed by atoms with Gasteiger partial charge in [-0.3, -0.25) is 9.78 Å². The number of carbonyl (C=O) groups excluding carboxylic acids is 1. The Morgan fingerprint density at radius 3 is 2.67 bits per heavy atom. The zero-order valence-electron chi connectivity index (χ0n) is 15.6. The Morgan fingerprint density at radius 2 is 2.04 bits per heavy atom. The predicted octanol–water partition coefficient (Wildman–Crippen LogP) is 2.95. The summed E-state index contributed by atoms with van der Waals surface area (Å²) in [5.41, 5.74) is 4.92. The van der Waals surface area contributed by atoms with Gasteiger partial charge in [0, 0.05) is 23.9 Å². The molecule has 8 heteroatoms. The highest BCUT2D eigenvalue weighted by Gasteiger charge is 2.31. The Hall–Kier alpha value is -3.03. The number of carbonyl (C=O) groups is 1. The average Bonchev–Trinajstić information content (AvgIpc) is 3.37. The fraction of sp³-hybridized carbons (Fsp3) is 0.421. The molecule has 0 spiro atoms. The summed E-state index contributed by atoms with van der Waals surface area (Å²) in [7, 11) is 0. The molecule has 3 aromatic heterocycles. The van der Waals surface area contributed by atoms with Gasteiger partial charge in [0.2, 0.25) is 5.91 Å². The van der Waals surface area contributed by atoms with Gasteiger partial charge in [-0.2, -0.15) is 0 Å². The van der Waals surface area contributed by atoms with Gasteiger partial charge in [0.15, 0.2) is 0 Å². The van der Waals surface area contributed by atoms with Gasteiger partial charge in [0.25, 0.3) is 0 Å². The van der Waals surface area contributed by atoms with Crippen LogP contribution in [0.15, 0.2) is 27.5 Å². The normalized spacial score (nSPS) is 16.9. The number of likely N-dealkylation sites (tertiary alicyclic amines) is 1. The third-order valence-electron chi connectivity index (χ3n) is 5.09. The fourth-order valence-corrected chi connectivity index (χ4v) is 3.67. The number of aryl methyl sites for hydroxylation is 3. The minimum atomic E-state index is -0.0172. The van der Waals surface area contributed by atoms with E-state index in [0.717, 1.165) is 47.7 Å². The highest BCUT2D eigenvalue weighted by molar-refractivity contribution is 5.79. The predicted molar refractivity (Wildman–Crippen MR) is 95.6 cm³/mol. The van der Waals surface area contributed by atoms with Crippen LogP contribution in [0.1, 0.15) is 47.4 Å². The van der Waals surface area contributed by atoms with Crippen molar-refractivity contribution in [1.29, 1.82) is 0 Å². The first-order valence-corrected chi connectivity index (χ1v) is 9.01. The van der Waals surface area contributed by atoms with E-state index in [4.69, 9.17) is 9.15 Å². The molecule has 0 aliphatic carbocycles. The molecular weight excluding hydrogens is 346 g/mol. The van der Waals surface area contributed by atoms with Crippen LogP contribution < -0.4 is 0 Å². The molecule has 1 aliphatic heterocycles. The van der Waals surface area contributed by atoms with Gasteiger partial charge in [0.1, 0.15) is 17.1 Å². The van der Waals surface area contributed by atoms with Gasteiger partial charge in [-0.15, -0.1) is 0 Å². The molecule has 4 heterocycles. The molecule has 140 valence electrons. The van der Waals surface area contributed by atoms with Crippen molar-refractivity contribution in [2.45, 2.75) is 46.1 Å². The van der Waals surface area contributed by atoms with Crippen molar-refractivity contribution in [2.24, 2.45) is 0 Å². The number of hydrogen-bond donors (Lipinski definition) is 0. The topological polar surface area (TPSA) is 98.2 Å². The Kier molecular flexibility index (Phi) is 4.47. The first kappa shape index (κ1) is 17.4. The third-order valence-corrected chi connectivity index (χ3v) is 5.09. The number of pyridine rings is 1.